The molecule has 0 atom stereocenters. The van der Waals surface area contributed by atoms with Crippen molar-refractivity contribution < 1.29 is 14.3 Å². The van der Waals surface area contributed by atoms with Crippen LogP contribution in [0.3, 0.4) is 0 Å². The largest absolute Gasteiger partial charge is 0.364 e. The van der Waals surface area contributed by atoms with Crippen LogP contribution < -0.4 is 10.6 Å². The Morgan fingerprint density at radius 3 is 2.68 bits per heavy atom. The van der Waals surface area contributed by atoms with E-state index in [1.807, 2.05) is 49.4 Å². The Labute approximate surface area is 166 Å². The minimum absolute atomic E-state index is 0.0864. The number of hydrogen-bond acceptors (Lipinski definition) is 6. The highest BCUT2D eigenvalue weighted by atomic mass is 32.1. The fraction of sp³-hybridized carbons (Fsp3) is 0.200. The quantitative estimate of drug-likeness (QED) is 0.611. The van der Waals surface area contributed by atoms with Gasteiger partial charge in [0.05, 0.1) is 0 Å². The average Bonchev–Trinajstić information content (AvgIpc) is 3.16. The van der Waals surface area contributed by atoms with Gasteiger partial charge in [0.15, 0.2) is 0 Å². The Hall–Kier alpha value is -3.10. The number of para-hydroxylation sites is 1. The van der Waals surface area contributed by atoms with Crippen molar-refractivity contribution in [1.29, 1.82) is 0 Å². The first-order chi connectivity index (χ1) is 13.6. The van der Waals surface area contributed by atoms with Gasteiger partial charge >= 0.3 is 0 Å². The van der Waals surface area contributed by atoms with E-state index >= 15 is 0 Å². The van der Waals surface area contributed by atoms with Crippen molar-refractivity contribution in [3.8, 4) is 0 Å². The van der Waals surface area contributed by atoms with Crippen molar-refractivity contribution in [2.24, 2.45) is 0 Å². The predicted molar refractivity (Wildman–Crippen MR) is 107 cm³/mol. The molecule has 0 aliphatic heterocycles. The molecule has 0 saturated carbocycles. The lowest BCUT2D eigenvalue weighted by Crippen LogP contribution is -2.27. The molecule has 0 spiro atoms. The van der Waals surface area contributed by atoms with Crippen LogP contribution in [0.5, 0.6) is 0 Å². The minimum atomic E-state index is -0.328. The van der Waals surface area contributed by atoms with Crippen LogP contribution in [0.25, 0.3) is 0 Å². The van der Waals surface area contributed by atoms with E-state index in [0.717, 1.165) is 22.5 Å². The lowest BCUT2D eigenvalue weighted by Gasteiger charge is -2.06. The molecule has 2 N–H and O–H groups in total. The van der Waals surface area contributed by atoms with Gasteiger partial charge in [-0.3, -0.25) is 9.59 Å². The highest BCUT2D eigenvalue weighted by Gasteiger charge is 2.13. The molecule has 0 aliphatic carbocycles. The highest BCUT2D eigenvalue weighted by Crippen LogP contribution is 2.14. The Balaban J connectivity index is 1.40. The Morgan fingerprint density at radius 2 is 1.89 bits per heavy atom. The standard InChI is InChI=1S/C20H20N4O3S/c1-14-6-5-7-15(10-14)11-21-17(25)12-27-13-18-23-24-20(28-18)19(26)22-16-8-3-2-4-9-16/h2-10H,11-13H2,1H3,(H,21,25)(H,22,26). The summed E-state index contributed by atoms with van der Waals surface area (Å²) in [5.41, 5.74) is 2.86. The van der Waals surface area contributed by atoms with Crippen LogP contribution in [0.15, 0.2) is 54.6 Å². The van der Waals surface area contributed by atoms with E-state index < -0.39 is 0 Å². The highest BCUT2D eigenvalue weighted by molar-refractivity contribution is 7.13. The van der Waals surface area contributed by atoms with Gasteiger partial charge in [0.1, 0.15) is 18.2 Å². The first-order valence-corrected chi connectivity index (χ1v) is 9.50. The fourth-order valence-corrected chi connectivity index (χ4v) is 3.09. The fourth-order valence-electron chi connectivity index (χ4n) is 2.41. The number of carbonyl (C=O) groups excluding carboxylic acids is 2. The number of aromatic nitrogens is 2. The molecule has 0 saturated heterocycles. The SMILES string of the molecule is Cc1cccc(CNC(=O)COCc2nnc(C(=O)Nc3ccccc3)s2)c1. The van der Waals surface area contributed by atoms with Crippen molar-refractivity contribution in [3.05, 3.63) is 75.7 Å². The van der Waals surface area contributed by atoms with Crippen molar-refractivity contribution in [2.75, 3.05) is 11.9 Å². The number of amides is 2. The van der Waals surface area contributed by atoms with Crippen molar-refractivity contribution in [1.82, 2.24) is 15.5 Å². The third-order valence-electron chi connectivity index (χ3n) is 3.72. The molecule has 2 aromatic carbocycles. The van der Waals surface area contributed by atoms with Gasteiger partial charge in [-0.1, -0.05) is 59.4 Å². The number of rotatable bonds is 8. The number of carbonyl (C=O) groups is 2. The van der Waals surface area contributed by atoms with Gasteiger partial charge in [0, 0.05) is 12.2 Å². The first kappa shape index (κ1) is 19.7. The first-order valence-electron chi connectivity index (χ1n) is 8.69. The van der Waals surface area contributed by atoms with Crippen LogP contribution >= 0.6 is 11.3 Å². The maximum atomic E-state index is 12.1. The minimum Gasteiger partial charge on any atom is -0.364 e. The molecule has 1 heterocycles. The lowest BCUT2D eigenvalue weighted by molar-refractivity contribution is -0.126. The summed E-state index contributed by atoms with van der Waals surface area (Å²) in [6.45, 7) is 2.49. The molecule has 1 aromatic heterocycles. The van der Waals surface area contributed by atoms with Crippen LogP contribution in [-0.2, 0) is 22.7 Å². The molecule has 3 aromatic rings. The van der Waals surface area contributed by atoms with E-state index in [9.17, 15) is 9.59 Å². The summed E-state index contributed by atoms with van der Waals surface area (Å²) < 4.78 is 5.37. The number of anilines is 1. The molecule has 0 fully saturated rings. The molecular weight excluding hydrogens is 376 g/mol. The number of benzene rings is 2. The third-order valence-corrected chi connectivity index (χ3v) is 4.62. The Kier molecular flexibility index (Phi) is 6.83. The topological polar surface area (TPSA) is 93.2 Å². The number of ether oxygens (including phenoxy) is 1. The summed E-state index contributed by atoms with van der Waals surface area (Å²) in [5, 5.41) is 14.1. The van der Waals surface area contributed by atoms with Gasteiger partial charge in [0.2, 0.25) is 10.9 Å². The molecule has 0 unspecified atom stereocenters. The monoisotopic (exact) mass is 396 g/mol. The maximum Gasteiger partial charge on any atom is 0.286 e. The van der Waals surface area contributed by atoms with E-state index in [0.29, 0.717) is 17.2 Å². The molecule has 0 bridgehead atoms. The van der Waals surface area contributed by atoms with Crippen LogP contribution in [0.4, 0.5) is 5.69 Å². The number of aryl methyl sites for hydroxylation is 1. The second-order valence-electron chi connectivity index (χ2n) is 6.08. The second kappa shape index (κ2) is 9.72. The molecule has 8 heteroatoms. The van der Waals surface area contributed by atoms with Gasteiger partial charge in [-0.25, -0.2) is 0 Å². The number of nitrogens with zero attached hydrogens (tertiary/aromatic N) is 2. The average molecular weight is 396 g/mol. The van der Waals surface area contributed by atoms with E-state index in [2.05, 4.69) is 20.8 Å². The van der Waals surface area contributed by atoms with E-state index in [4.69, 9.17) is 4.74 Å². The zero-order valence-corrected chi connectivity index (χ0v) is 16.2. The third kappa shape index (κ3) is 5.97. The summed E-state index contributed by atoms with van der Waals surface area (Å²) in [7, 11) is 0. The lowest BCUT2D eigenvalue weighted by atomic mass is 10.1. The van der Waals surface area contributed by atoms with Crippen molar-refractivity contribution in [2.45, 2.75) is 20.1 Å². The van der Waals surface area contributed by atoms with E-state index in [1.54, 1.807) is 12.1 Å². The summed E-state index contributed by atoms with van der Waals surface area (Å²) in [6.07, 6.45) is 0. The summed E-state index contributed by atoms with van der Waals surface area (Å²) in [5.74, 6) is -0.543. The van der Waals surface area contributed by atoms with Crippen LogP contribution in [0, 0.1) is 6.92 Å². The predicted octanol–water partition coefficient (Wildman–Crippen LogP) is 2.93. The van der Waals surface area contributed by atoms with Gasteiger partial charge in [-0.05, 0) is 24.6 Å². The molecule has 28 heavy (non-hydrogen) atoms. The van der Waals surface area contributed by atoms with Crippen molar-refractivity contribution in [3.63, 3.8) is 0 Å². The molecule has 0 aliphatic rings. The van der Waals surface area contributed by atoms with Crippen LogP contribution in [0.1, 0.15) is 25.9 Å². The summed E-state index contributed by atoms with van der Waals surface area (Å²) in [4.78, 5) is 24.0. The van der Waals surface area contributed by atoms with Crippen LogP contribution in [-0.4, -0.2) is 28.6 Å². The van der Waals surface area contributed by atoms with Gasteiger partial charge in [-0.2, -0.15) is 0 Å². The van der Waals surface area contributed by atoms with Gasteiger partial charge in [-0.15, -0.1) is 10.2 Å². The smallest absolute Gasteiger partial charge is 0.286 e. The molecule has 7 nitrogen and oxygen atoms in total. The van der Waals surface area contributed by atoms with Crippen molar-refractivity contribution >= 4 is 28.8 Å². The van der Waals surface area contributed by atoms with Gasteiger partial charge in [0.25, 0.3) is 5.91 Å². The normalized spacial score (nSPS) is 10.5. The Bertz CT molecular complexity index is 943. The van der Waals surface area contributed by atoms with E-state index in [1.165, 1.54) is 0 Å². The maximum absolute atomic E-state index is 12.1. The van der Waals surface area contributed by atoms with Gasteiger partial charge < -0.3 is 15.4 Å². The molecule has 3 rings (SSSR count). The van der Waals surface area contributed by atoms with E-state index in [-0.39, 0.29) is 30.0 Å². The number of nitrogens with one attached hydrogen (secondary N) is 2. The zero-order chi connectivity index (χ0) is 19.8. The second-order valence-corrected chi connectivity index (χ2v) is 7.14. The molecule has 2 amide bonds. The number of hydrogen-bond donors (Lipinski definition) is 2. The Morgan fingerprint density at radius 1 is 1.07 bits per heavy atom. The molecule has 144 valence electrons. The zero-order valence-electron chi connectivity index (χ0n) is 15.3. The summed E-state index contributed by atoms with van der Waals surface area (Å²) >= 11 is 1.13. The molecule has 0 radical (unpaired) electrons. The van der Waals surface area contributed by atoms with Crippen LogP contribution in [0.2, 0.25) is 0 Å². The summed E-state index contributed by atoms with van der Waals surface area (Å²) in [6, 6.07) is 17.0. The molecular formula is C20H20N4O3S.